The van der Waals surface area contributed by atoms with Crippen LogP contribution in [0.3, 0.4) is 0 Å². The molecule has 0 spiro atoms. The molecule has 4 rings (SSSR count). The summed E-state index contributed by atoms with van der Waals surface area (Å²) in [6, 6.07) is 0. The van der Waals surface area contributed by atoms with Crippen LogP contribution in [0.25, 0.3) is 0 Å². The van der Waals surface area contributed by atoms with Gasteiger partial charge in [0.15, 0.2) is 0 Å². The summed E-state index contributed by atoms with van der Waals surface area (Å²) in [7, 11) is 0. The number of aliphatic hydroxyl groups excluding tert-OH is 1. The van der Waals surface area contributed by atoms with E-state index < -0.39 is 0 Å². The molecule has 4 fully saturated rings. The Bertz CT molecular complexity index is 313. The third-order valence-corrected chi connectivity index (χ3v) is 7.12. The quantitative estimate of drug-likeness (QED) is 0.687. The predicted molar refractivity (Wildman–Crippen MR) is 73.1 cm³/mol. The summed E-state index contributed by atoms with van der Waals surface area (Å²) in [4.78, 5) is 0. The highest BCUT2D eigenvalue weighted by Gasteiger charge is 2.49. The number of hydrogen-bond donors (Lipinski definition) is 1. The Balaban J connectivity index is 1.53. The molecule has 18 heavy (non-hydrogen) atoms. The molecule has 1 nitrogen and oxygen atoms in total. The van der Waals surface area contributed by atoms with Crippen molar-refractivity contribution in [2.45, 2.75) is 70.3 Å². The van der Waals surface area contributed by atoms with Crippen LogP contribution in [0, 0.1) is 35.5 Å². The molecule has 102 valence electrons. The van der Waals surface area contributed by atoms with Crippen LogP contribution in [0.15, 0.2) is 0 Å². The van der Waals surface area contributed by atoms with Gasteiger partial charge in [-0.25, -0.2) is 0 Å². The van der Waals surface area contributed by atoms with Crippen molar-refractivity contribution in [3.63, 3.8) is 0 Å². The standard InChI is InChI=1S/C17H28O/c18-13-6-9-15-12(10-13)5-8-16-14-3-1-2-11(14)4-7-17(15)16/h11-18H,1-10H2/t11-,12+,13+,14-,15-,16?,17?/m1/s1. The van der Waals surface area contributed by atoms with Crippen molar-refractivity contribution in [2.24, 2.45) is 35.5 Å². The third kappa shape index (κ3) is 1.77. The van der Waals surface area contributed by atoms with Crippen LogP contribution in [-0.4, -0.2) is 11.2 Å². The van der Waals surface area contributed by atoms with Crippen molar-refractivity contribution in [3.05, 3.63) is 0 Å². The van der Waals surface area contributed by atoms with Crippen molar-refractivity contribution >= 4 is 0 Å². The van der Waals surface area contributed by atoms with E-state index in [4.69, 9.17) is 0 Å². The summed E-state index contributed by atoms with van der Waals surface area (Å²) in [5.41, 5.74) is 0. The number of hydrogen-bond acceptors (Lipinski definition) is 1. The van der Waals surface area contributed by atoms with Crippen LogP contribution in [0.2, 0.25) is 0 Å². The lowest BCUT2D eigenvalue weighted by Gasteiger charge is -2.52. The lowest BCUT2D eigenvalue weighted by molar-refractivity contribution is -0.0457. The first-order chi connectivity index (χ1) is 8.83. The summed E-state index contributed by atoms with van der Waals surface area (Å²) in [5, 5.41) is 9.89. The van der Waals surface area contributed by atoms with E-state index in [0.29, 0.717) is 0 Å². The number of fused-ring (bicyclic) bond motifs is 5. The molecule has 1 heteroatoms. The first-order valence-corrected chi connectivity index (χ1v) is 8.51. The maximum absolute atomic E-state index is 9.89. The maximum Gasteiger partial charge on any atom is 0.0543 e. The van der Waals surface area contributed by atoms with E-state index in [-0.39, 0.29) is 6.10 Å². The average molecular weight is 248 g/mol. The van der Waals surface area contributed by atoms with E-state index >= 15 is 0 Å². The molecule has 0 saturated heterocycles. The fourth-order valence-electron chi connectivity index (χ4n) is 6.45. The zero-order valence-corrected chi connectivity index (χ0v) is 11.6. The molecule has 0 bridgehead atoms. The van der Waals surface area contributed by atoms with Crippen molar-refractivity contribution < 1.29 is 5.11 Å². The Labute approximate surface area is 111 Å². The molecule has 2 unspecified atom stereocenters. The molecule has 0 aliphatic heterocycles. The third-order valence-electron chi connectivity index (χ3n) is 7.12. The van der Waals surface area contributed by atoms with E-state index in [1.54, 1.807) is 12.8 Å². The Morgan fingerprint density at radius 1 is 0.556 bits per heavy atom. The Morgan fingerprint density at radius 2 is 1.22 bits per heavy atom. The summed E-state index contributed by atoms with van der Waals surface area (Å²) in [5.74, 6) is 6.23. The van der Waals surface area contributed by atoms with E-state index in [1.807, 2.05) is 0 Å². The average Bonchev–Trinajstić information content (AvgIpc) is 2.86. The molecule has 4 aliphatic rings. The van der Waals surface area contributed by atoms with Gasteiger partial charge < -0.3 is 5.11 Å². The van der Waals surface area contributed by atoms with Gasteiger partial charge in [0.2, 0.25) is 0 Å². The fraction of sp³-hybridized carbons (Fsp3) is 1.00. The Kier molecular flexibility index (Phi) is 2.94. The SMILES string of the molecule is O[C@H]1CC[C@H]2C3CC[C@H]4CCC[C@H]4C3CC[C@H]2C1. The second-order valence-corrected chi connectivity index (χ2v) is 7.73. The largest absolute Gasteiger partial charge is 0.393 e. The number of aliphatic hydroxyl groups is 1. The molecule has 1 N–H and O–H groups in total. The van der Waals surface area contributed by atoms with Gasteiger partial charge >= 0.3 is 0 Å². The molecule has 7 atom stereocenters. The Hall–Kier alpha value is -0.0400. The van der Waals surface area contributed by atoms with Crippen LogP contribution < -0.4 is 0 Å². The van der Waals surface area contributed by atoms with Crippen molar-refractivity contribution in [1.29, 1.82) is 0 Å². The zero-order valence-electron chi connectivity index (χ0n) is 11.6. The smallest absolute Gasteiger partial charge is 0.0543 e. The van der Waals surface area contributed by atoms with Gasteiger partial charge in [-0.2, -0.15) is 0 Å². The second kappa shape index (κ2) is 4.51. The molecular weight excluding hydrogens is 220 g/mol. The van der Waals surface area contributed by atoms with Gasteiger partial charge in [0.1, 0.15) is 0 Å². The van der Waals surface area contributed by atoms with E-state index in [9.17, 15) is 5.11 Å². The minimum atomic E-state index is 0.0330. The van der Waals surface area contributed by atoms with Crippen molar-refractivity contribution in [2.75, 3.05) is 0 Å². The minimum absolute atomic E-state index is 0.0330. The van der Waals surface area contributed by atoms with Gasteiger partial charge in [0.05, 0.1) is 6.10 Å². The van der Waals surface area contributed by atoms with Crippen LogP contribution in [0.4, 0.5) is 0 Å². The monoisotopic (exact) mass is 248 g/mol. The Morgan fingerprint density at radius 3 is 2.06 bits per heavy atom. The molecule has 4 saturated carbocycles. The predicted octanol–water partition coefficient (Wildman–Crippen LogP) is 4.00. The molecule has 0 amide bonds. The van der Waals surface area contributed by atoms with E-state index in [2.05, 4.69) is 0 Å². The summed E-state index contributed by atoms with van der Waals surface area (Å²) in [6.07, 6.45) is 14.2. The highest BCUT2D eigenvalue weighted by Crippen LogP contribution is 2.57. The highest BCUT2D eigenvalue weighted by molar-refractivity contribution is 4.99. The van der Waals surface area contributed by atoms with Gasteiger partial charge in [0.25, 0.3) is 0 Å². The van der Waals surface area contributed by atoms with Crippen LogP contribution in [-0.2, 0) is 0 Å². The van der Waals surface area contributed by atoms with Gasteiger partial charge in [-0.05, 0) is 86.9 Å². The molecule has 4 aliphatic carbocycles. The highest BCUT2D eigenvalue weighted by atomic mass is 16.3. The topological polar surface area (TPSA) is 20.2 Å². The van der Waals surface area contributed by atoms with Crippen molar-refractivity contribution in [3.8, 4) is 0 Å². The number of rotatable bonds is 0. The maximum atomic E-state index is 9.89. The minimum Gasteiger partial charge on any atom is -0.393 e. The summed E-state index contributed by atoms with van der Waals surface area (Å²) in [6.45, 7) is 0. The lowest BCUT2D eigenvalue weighted by Crippen LogP contribution is -2.45. The molecule has 0 heterocycles. The molecule has 0 radical (unpaired) electrons. The molecule has 0 aromatic heterocycles. The van der Waals surface area contributed by atoms with Crippen LogP contribution >= 0.6 is 0 Å². The van der Waals surface area contributed by atoms with Gasteiger partial charge in [-0.1, -0.05) is 12.8 Å². The van der Waals surface area contributed by atoms with Crippen molar-refractivity contribution in [1.82, 2.24) is 0 Å². The van der Waals surface area contributed by atoms with Crippen LogP contribution in [0.5, 0.6) is 0 Å². The second-order valence-electron chi connectivity index (χ2n) is 7.73. The lowest BCUT2D eigenvalue weighted by atomic mass is 9.53. The van der Waals surface area contributed by atoms with Gasteiger partial charge in [-0.15, -0.1) is 0 Å². The summed E-state index contributed by atoms with van der Waals surface area (Å²) >= 11 is 0. The molecular formula is C17H28O. The zero-order chi connectivity index (χ0) is 12.1. The van der Waals surface area contributed by atoms with E-state index in [0.717, 1.165) is 48.3 Å². The molecule has 0 aromatic carbocycles. The van der Waals surface area contributed by atoms with Crippen LogP contribution in [0.1, 0.15) is 64.2 Å². The normalized spacial score (nSPS) is 55.5. The summed E-state index contributed by atoms with van der Waals surface area (Å²) < 4.78 is 0. The first-order valence-electron chi connectivity index (χ1n) is 8.51. The first kappa shape index (κ1) is 11.8. The van der Waals surface area contributed by atoms with E-state index in [1.165, 1.54) is 38.5 Å². The molecule has 0 aromatic rings. The van der Waals surface area contributed by atoms with Gasteiger partial charge in [0, 0.05) is 0 Å². The van der Waals surface area contributed by atoms with Gasteiger partial charge in [-0.3, -0.25) is 0 Å². The fourth-order valence-corrected chi connectivity index (χ4v) is 6.45.